The molecule has 0 aliphatic heterocycles. The molecule has 55 heavy (non-hydrogen) atoms. The minimum absolute atomic E-state index is 0.0130. The molecule has 0 spiro atoms. The van der Waals surface area contributed by atoms with Gasteiger partial charge in [0.15, 0.2) is 0 Å². The minimum Gasteiger partial charge on any atom is -0.489 e. The Morgan fingerprint density at radius 2 is 1.05 bits per heavy atom. The second kappa shape index (κ2) is 15.5. The average molecular weight is 743 g/mol. The highest BCUT2D eigenvalue weighted by Gasteiger charge is 2.56. The third kappa shape index (κ3) is 7.30. The number of ether oxygens (including phenoxy) is 3. The number of hydrogen-bond donors (Lipinski definition) is 1. The van der Waals surface area contributed by atoms with Gasteiger partial charge >= 0.3 is 11.9 Å². The van der Waals surface area contributed by atoms with Gasteiger partial charge in [-0.1, -0.05) is 99.5 Å². The van der Waals surface area contributed by atoms with Crippen LogP contribution in [-0.4, -0.2) is 24.2 Å². The summed E-state index contributed by atoms with van der Waals surface area (Å²) >= 11 is 0. The standard InChI is InChI=1S/C25H30O3.C24H28O3/c1-24-14-7-15-25(2,23(26)27-3)22(24)13-11-19-10-12-20(16-21(19)24)28-17-18-8-5-4-6-9-18;1-23-13-6-14-24(2,22(25)26)21(23)12-10-18-9-11-19(15-20(18)23)27-16-17-7-4-3-5-8-17/h4-6,8-10,12,16,22H,7,11,13-15,17H2,1-3H3;3-5,7-9,11,15,21H,6,10,12-14,16H2,1-2H3,(H,25,26)/t22-,24-,25+;21-,23-,24+/m11/s1. The largest absolute Gasteiger partial charge is 0.489 e. The lowest BCUT2D eigenvalue weighted by molar-refractivity contribution is -0.161. The topological polar surface area (TPSA) is 82.1 Å². The molecule has 6 nitrogen and oxygen atoms in total. The summed E-state index contributed by atoms with van der Waals surface area (Å²) < 4.78 is 17.4. The number of hydrogen-bond acceptors (Lipinski definition) is 5. The van der Waals surface area contributed by atoms with Gasteiger partial charge in [-0.3, -0.25) is 9.59 Å². The molecule has 4 aromatic rings. The molecule has 4 aromatic carbocycles. The summed E-state index contributed by atoms with van der Waals surface area (Å²) in [6.45, 7) is 9.81. The lowest BCUT2D eigenvalue weighted by Crippen LogP contribution is -2.52. The zero-order valence-electron chi connectivity index (χ0n) is 33.4. The zero-order valence-corrected chi connectivity index (χ0v) is 33.4. The summed E-state index contributed by atoms with van der Waals surface area (Å²) in [5.41, 5.74) is 6.60. The number of carboxylic acids is 1. The van der Waals surface area contributed by atoms with Crippen molar-refractivity contribution in [3.63, 3.8) is 0 Å². The second-order valence-electron chi connectivity index (χ2n) is 17.5. The van der Waals surface area contributed by atoms with E-state index in [1.165, 1.54) is 34.9 Å². The second-order valence-corrected chi connectivity index (χ2v) is 17.5. The molecule has 0 amide bonds. The summed E-state index contributed by atoms with van der Waals surface area (Å²) in [5.74, 6) is 1.57. The summed E-state index contributed by atoms with van der Waals surface area (Å²) in [6.07, 6.45) is 9.84. The molecule has 0 saturated heterocycles. The molecule has 6 heteroatoms. The van der Waals surface area contributed by atoms with Crippen molar-refractivity contribution in [2.24, 2.45) is 22.7 Å². The van der Waals surface area contributed by atoms with Crippen molar-refractivity contribution in [3.05, 3.63) is 130 Å². The number of rotatable bonds is 8. The van der Waals surface area contributed by atoms with Crippen molar-refractivity contribution in [1.82, 2.24) is 0 Å². The number of carbonyl (C=O) groups excluding carboxylic acids is 1. The van der Waals surface area contributed by atoms with E-state index in [0.717, 1.165) is 81.3 Å². The summed E-state index contributed by atoms with van der Waals surface area (Å²) in [4.78, 5) is 24.8. The van der Waals surface area contributed by atoms with Crippen LogP contribution in [0.3, 0.4) is 0 Å². The first-order chi connectivity index (χ1) is 26.4. The van der Waals surface area contributed by atoms with E-state index in [1.54, 1.807) is 0 Å². The molecule has 2 saturated carbocycles. The van der Waals surface area contributed by atoms with Gasteiger partial charge in [-0.05, 0) is 146 Å². The molecule has 1 N–H and O–H groups in total. The molecule has 4 aliphatic carbocycles. The van der Waals surface area contributed by atoms with E-state index in [2.05, 4.69) is 81.4 Å². The number of fused-ring (bicyclic) bond motifs is 6. The number of aliphatic carboxylic acids is 1. The van der Waals surface area contributed by atoms with Gasteiger partial charge in [0, 0.05) is 0 Å². The summed E-state index contributed by atoms with van der Waals surface area (Å²) in [5, 5.41) is 9.94. The van der Waals surface area contributed by atoms with E-state index in [-0.39, 0.29) is 22.7 Å². The molecule has 8 rings (SSSR count). The smallest absolute Gasteiger partial charge is 0.311 e. The van der Waals surface area contributed by atoms with Crippen molar-refractivity contribution in [1.29, 1.82) is 0 Å². The van der Waals surface area contributed by atoms with E-state index < -0.39 is 16.8 Å². The quantitative estimate of drug-likeness (QED) is 0.181. The van der Waals surface area contributed by atoms with Gasteiger partial charge in [-0.15, -0.1) is 0 Å². The van der Waals surface area contributed by atoms with Crippen LogP contribution in [0.1, 0.15) is 112 Å². The fourth-order valence-electron chi connectivity index (χ4n) is 11.3. The Kier molecular flexibility index (Phi) is 10.9. The number of esters is 1. The predicted molar refractivity (Wildman–Crippen MR) is 216 cm³/mol. The molecular weight excluding hydrogens is 685 g/mol. The maximum absolute atomic E-state index is 12.7. The molecule has 0 bridgehead atoms. The maximum atomic E-state index is 12.7. The first-order valence-corrected chi connectivity index (χ1v) is 20.3. The fraction of sp³-hybridized carbons (Fsp3) is 0.469. The number of aryl methyl sites for hydroxylation is 2. The number of carboxylic acid groups (broad SMARTS) is 1. The highest BCUT2D eigenvalue weighted by Crippen LogP contribution is 2.59. The molecule has 290 valence electrons. The van der Waals surface area contributed by atoms with E-state index in [0.29, 0.717) is 19.1 Å². The van der Waals surface area contributed by atoms with Crippen LogP contribution in [0.2, 0.25) is 0 Å². The Morgan fingerprint density at radius 3 is 1.49 bits per heavy atom. The van der Waals surface area contributed by atoms with Crippen LogP contribution >= 0.6 is 0 Å². The highest BCUT2D eigenvalue weighted by molar-refractivity contribution is 5.77. The third-order valence-corrected chi connectivity index (χ3v) is 14.3. The van der Waals surface area contributed by atoms with Crippen LogP contribution in [0.25, 0.3) is 0 Å². The molecule has 4 aliphatic rings. The van der Waals surface area contributed by atoms with Gasteiger partial charge in [0.25, 0.3) is 0 Å². The molecule has 0 radical (unpaired) electrons. The van der Waals surface area contributed by atoms with E-state index in [9.17, 15) is 14.7 Å². The molecular formula is C49H58O6. The molecule has 0 heterocycles. The first kappa shape index (κ1) is 38.7. The minimum atomic E-state index is -0.640. The van der Waals surface area contributed by atoms with Crippen molar-refractivity contribution in [2.45, 2.75) is 116 Å². The van der Waals surface area contributed by atoms with Gasteiger partial charge in [-0.2, -0.15) is 0 Å². The highest BCUT2D eigenvalue weighted by atomic mass is 16.5. The Morgan fingerprint density at radius 1 is 0.618 bits per heavy atom. The van der Waals surface area contributed by atoms with Crippen molar-refractivity contribution in [2.75, 3.05) is 7.11 Å². The third-order valence-electron chi connectivity index (χ3n) is 14.3. The molecule has 0 aromatic heterocycles. The lowest BCUT2D eigenvalue weighted by atomic mass is 9.50. The van der Waals surface area contributed by atoms with Crippen molar-refractivity contribution in [3.8, 4) is 11.5 Å². The van der Waals surface area contributed by atoms with Crippen LogP contribution in [0, 0.1) is 22.7 Å². The van der Waals surface area contributed by atoms with E-state index >= 15 is 0 Å². The normalized spacial score (nSPS) is 29.1. The van der Waals surface area contributed by atoms with Gasteiger partial charge in [0.05, 0.1) is 17.9 Å². The SMILES string of the molecule is COC(=O)[C@@]1(C)CCC[C@]2(C)c3cc(OCc4ccccc4)ccc3CC[C@@H]12.C[C@]1(C(=O)O)CCC[C@]2(C)c3cc(OCc4ccccc4)ccc3CC[C@@H]12. The number of benzene rings is 4. The van der Waals surface area contributed by atoms with Crippen LogP contribution in [0.5, 0.6) is 11.5 Å². The van der Waals surface area contributed by atoms with Gasteiger partial charge < -0.3 is 19.3 Å². The van der Waals surface area contributed by atoms with Crippen molar-refractivity contribution >= 4 is 11.9 Å². The predicted octanol–water partition coefficient (Wildman–Crippen LogP) is 10.8. The number of carbonyl (C=O) groups is 2. The Labute approximate surface area is 327 Å². The Balaban J connectivity index is 0.000000169. The lowest BCUT2D eigenvalue weighted by Gasteiger charge is -2.54. The maximum Gasteiger partial charge on any atom is 0.311 e. The van der Waals surface area contributed by atoms with Crippen molar-refractivity contribution < 1.29 is 28.9 Å². The Bertz CT molecular complexity index is 1990. The van der Waals surface area contributed by atoms with Gasteiger partial charge in [0.1, 0.15) is 24.7 Å². The van der Waals surface area contributed by atoms with Gasteiger partial charge in [-0.25, -0.2) is 0 Å². The van der Waals surface area contributed by atoms with Crippen LogP contribution in [0.15, 0.2) is 97.1 Å². The average Bonchev–Trinajstić information content (AvgIpc) is 3.20. The molecule has 6 atom stereocenters. The molecule has 0 unspecified atom stereocenters. The van der Waals surface area contributed by atoms with Crippen LogP contribution in [-0.2, 0) is 51.2 Å². The van der Waals surface area contributed by atoms with Gasteiger partial charge in [0.2, 0.25) is 0 Å². The first-order valence-electron chi connectivity index (χ1n) is 20.3. The fourth-order valence-corrected chi connectivity index (χ4v) is 11.3. The van der Waals surface area contributed by atoms with Crippen LogP contribution in [0.4, 0.5) is 0 Å². The summed E-state index contributed by atoms with van der Waals surface area (Å²) in [7, 11) is 1.52. The summed E-state index contributed by atoms with van der Waals surface area (Å²) in [6, 6.07) is 33.4. The zero-order chi connectivity index (χ0) is 38.8. The molecule has 2 fully saturated rings. The number of methoxy groups -OCH3 is 1. The van der Waals surface area contributed by atoms with Crippen LogP contribution < -0.4 is 9.47 Å². The van der Waals surface area contributed by atoms with E-state index in [4.69, 9.17) is 14.2 Å². The Hall–Kier alpha value is -4.58. The monoisotopic (exact) mass is 742 g/mol. The van der Waals surface area contributed by atoms with E-state index in [1.807, 2.05) is 43.3 Å².